The van der Waals surface area contributed by atoms with E-state index in [1.807, 2.05) is 0 Å². The van der Waals surface area contributed by atoms with E-state index in [-0.39, 0.29) is 5.60 Å². The van der Waals surface area contributed by atoms with Crippen molar-refractivity contribution in [2.75, 3.05) is 50.9 Å². The molecule has 4 saturated heterocycles. The van der Waals surface area contributed by atoms with E-state index in [1.165, 1.54) is 4.88 Å². The molecule has 6 heterocycles. The van der Waals surface area contributed by atoms with Gasteiger partial charge in [0.05, 0.1) is 42.1 Å². The number of ether oxygens (including phenoxy) is 2. The summed E-state index contributed by atoms with van der Waals surface area (Å²) < 4.78 is 12.5. The van der Waals surface area contributed by atoms with Crippen molar-refractivity contribution in [3.8, 4) is 0 Å². The molecule has 7 nitrogen and oxygen atoms in total. The second-order valence-electron chi connectivity index (χ2n) is 7.55. The third-order valence-electron chi connectivity index (χ3n) is 6.08. The van der Waals surface area contributed by atoms with Gasteiger partial charge in [-0.3, -0.25) is 4.90 Å². The van der Waals surface area contributed by atoms with Crippen LogP contribution in [0, 0.1) is 0 Å². The maximum atomic E-state index is 6.20. The summed E-state index contributed by atoms with van der Waals surface area (Å²) in [6.07, 6.45) is 0. The van der Waals surface area contributed by atoms with E-state index in [0.717, 1.165) is 68.6 Å². The molecule has 6 rings (SSSR count). The summed E-state index contributed by atoms with van der Waals surface area (Å²) in [5.74, 6) is 0.948. The van der Waals surface area contributed by atoms with Gasteiger partial charge in [0.15, 0.2) is 5.82 Å². The fourth-order valence-electron chi connectivity index (χ4n) is 4.69. The number of morpholine rings is 2. The number of rotatable bonds is 3. The number of aromatic nitrogens is 2. The lowest BCUT2D eigenvalue weighted by molar-refractivity contribution is -0.235. The molecule has 9 heteroatoms. The highest BCUT2D eigenvalue weighted by Gasteiger charge is 2.66. The van der Waals surface area contributed by atoms with Crippen LogP contribution in [0.4, 0.5) is 5.82 Å². The average molecular weight is 394 g/mol. The van der Waals surface area contributed by atoms with Gasteiger partial charge in [-0.1, -0.05) is 0 Å². The Balaban J connectivity index is 1.28. The minimum absolute atomic E-state index is 0.0960. The largest absolute Gasteiger partial charge is 0.378 e. The van der Waals surface area contributed by atoms with Gasteiger partial charge in [0.2, 0.25) is 5.28 Å². The average Bonchev–Trinajstić information content (AvgIpc) is 3.19. The number of likely N-dealkylation sites (tertiary alicyclic amines) is 1. The summed E-state index contributed by atoms with van der Waals surface area (Å²) in [7, 11) is 0. The molecule has 0 bridgehead atoms. The smallest absolute Gasteiger partial charge is 0.224 e. The highest BCUT2D eigenvalue weighted by Crippen LogP contribution is 2.45. The number of nitrogens with zero attached hydrogens (tertiary/aromatic N) is 4. The Morgan fingerprint density at radius 3 is 2.92 bits per heavy atom. The molecule has 0 saturated carbocycles. The lowest BCUT2D eigenvalue weighted by atomic mass is 9.76. The topological polar surface area (TPSA) is 62.8 Å². The highest BCUT2D eigenvalue weighted by molar-refractivity contribution is 7.19. The Morgan fingerprint density at radius 1 is 1.31 bits per heavy atom. The van der Waals surface area contributed by atoms with Crippen molar-refractivity contribution in [2.45, 2.75) is 24.2 Å². The van der Waals surface area contributed by atoms with E-state index in [9.17, 15) is 0 Å². The molecule has 0 radical (unpaired) electrons. The fraction of sp³-hybridized carbons (Fsp3) is 0.647. The zero-order chi connectivity index (χ0) is 17.3. The first kappa shape index (κ1) is 16.0. The van der Waals surface area contributed by atoms with Crippen LogP contribution >= 0.6 is 22.9 Å². The third kappa shape index (κ3) is 2.26. The van der Waals surface area contributed by atoms with Gasteiger partial charge in [0, 0.05) is 37.6 Å². The number of thiophene rings is 1. The van der Waals surface area contributed by atoms with Gasteiger partial charge in [-0.25, -0.2) is 4.98 Å². The van der Waals surface area contributed by atoms with Crippen molar-refractivity contribution in [1.29, 1.82) is 0 Å². The van der Waals surface area contributed by atoms with Crippen LogP contribution < -0.4 is 10.2 Å². The summed E-state index contributed by atoms with van der Waals surface area (Å²) in [5.41, 5.74) is 1.04. The van der Waals surface area contributed by atoms with E-state index in [0.29, 0.717) is 17.4 Å². The Morgan fingerprint density at radius 2 is 2.19 bits per heavy atom. The molecule has 4 fully saturated rings. The second kappa shape index (κ2) is 5.73. The Bertz CT molecular complexity index is 872. The van der Waals surface area contributed by atoms with Gasteiger partial charge < -0.3 is 19.7 Å². The van der Waals surface area contributed by atoms with E-state index in [1.54, 1.807) is 11.3 Å². The molecule has 1 N–H and O–H groups in total. The van der Waals surface area contributed by atoms with Crippen molar-refractivity contribution in [2.24, 2.45) is 0 Å². The van der Waals surface area contributed by atoms with Gasteiger partial charge in [-0.05, 0) is 17.7 Å². The molecule has 0 aliphatic carbocycles. The van der Waals surface area contributed by atoms with Crippen molar-refractivity contribution < 1.29 is 9.47 Å². The molecule has 0 amide bonds. The van der Waals surface area contributed by atoms with Gasteiger partial charge in [0.1, 0.15) is 5.60 Å². The van der Waals surface area contributed by atoms with Gasteiger partial charge in [-0.2, -0.15) is 4.98 Å². The first-order valence-corrected chi connectivity index (χ1v) is 10.3. The highest BCUT2D eigenvalue weighted by atomic mass is 35.5. The Hall–Kier alpha value is -1.03. The summed E-state index contributed by atoms with van der Waals surface area (Å²) in [6, 6.07) is 3.23. The maximum absolute atomic E-state index is 6.20. The van der Waals surface area contributed by atoms with Gasteiger partial charge in [0.25, 0.3) is 0 Å². The minimum atomic E-state index is 0.0960. The SMILES string of the molecule is Clc1nc(N2CCOCC2)c2sc(CN3CC4NC5COC54C3)cc2n1. The standard InChI is InChI=1S/C17H20ClN5O2S/c18-16-19-11-5-10(6-22-7-12-17(9-22)13(20-12)8-25-17)26-14(11)15(21-16)23-1-3-24-4-2-23/h5,12-13,20H,1-4,6-9H2. The van der Waals surface area contributed by atoms with Crippen LogP contribution in [0.1, 0.15) is 4.88 Å². The van der Waals surface area contributed by atoms with Crippen LogP contribution in [0.5, 0.6) is 0 Å². The first-order valence-electron chi connectivity index (χ1n) is 9.12. The monoisotopic (exact) mass is 393 g/mol. The number of anilines is 1. The molecule has 138 valence electrons. The van der Waals surface area contributed by atoms with Gasteiger partial charge in [-0.15, -0.1) is 11.3 Å². The lowest BCUT2D eigenvalue weighted by Crippen LogP contribution is -2.84. The van der Waals surface area contributed by atoms with Crippen LogP contribution in [0.25, 0.3) is 10.2 Å². The van der Waals surface area contributed by atoms with Gasteiger partial charge >= 0.3 is 0 Å². The molecular weight excluding hydrogens is 374 g/mol. The molecule has 0 aromatic carbocycles. The number of nitrogens with one attached hydrogen (secondary N) is 1. The summed E-state index contributed by atoms with van der Waals surface area (Å²) in [5, 5.41) is 3.93. The van der Waals surface area contributed by atoms with E-state index in [4.69, 9.17) is 21.1 Å². The predicted octanol–water partition coefficient (Wildman–Crippen LogP) is 1.11. The fourth-order valence-corrected chi connectivity index (χ4v) is 6.02. The van der Waals surface area contributed by atoms with E-state index < -0.39 is 0 Å². The van der Waals surface area contributed by atoms with Crippen LogP contribution in [-0.2, 0) is 16.0 Å². The molecule has 1 spiro atoms. The van der Waals surface area contributed by atoms with Crippen LogP contribution in [0.2, 0.25) is 5.28 Å². The van der Waals surface area contributed by atoms with Crippen LogP contribution in [0.15, 0.2) is 6.07 Å². The zero-order valence-corrected chi connectivity index (χ0v) is 15.9. The molecule has 3 unspecified atom stereocenters. The van der Waals surface area contributed by atoms with Crippen molar-refractivity contribution in [3.05, 3.63) is 16.2 Å². The number of hydrogen-bond acceptors (Lipinski definition) is 8. The Kier molecular flexibility index (Phi) is 3.52. The summed E-state index contributed by atoms with van der Waals surface area (Å²) >= 11 is 7.98. The summed E-state index contributed by atoms with van der Waals surface area (Å²) in [4.78, 5) is 15.0. The molecule has 4 aliphatic heterocycles. The van der Waals surface area contributed by atoms with Crippen LogP contribution in [-0.4, -0.2) is 78.6 Å². The number of hydrogen-bond donors (Lipinski definition) is 1. The minimum Gasteiger partial charge on any atom is -0.378 e. The lowest BCUT2D eigenvalue weighted by Gasteiger charge is -2.60. The third-order valence-corrected chi connectivity index (χ3v) is 7.35. The summed E-state index contributed by atoms with van der Waals surface area (Å²) in [6.45, 7) is 7.01. The first-order chi connectivity index (χ1) is 12.7. The van der Waals surface area contributed by atoms with Crippen molar-refractivity contribution in [1.82, 2.24) is 20.2 Å². The molecular formula is C17H20ClN5O2S. The van der Waals surface area contributed by atoms with E-state index >= 15 is 0 Å². The number of halogens is 1. The van der Waals surface area contributed by atoms with Crippen LogP contribution in [0.3, 0.4) is 0 Å². The molecule has 3 atom stereocenters. The number of fused-ring (bicyclic) bond motifs is 1. The quantitative estimate of drug-likeness (QED) is 0.783. The molecule has 26 heavy (non-hydrogen) atoms. The zero-order valence-electron chi connectivity index (χ0n) is 14.3. The predicted molar refractivity (Wildman–Crippen MR) is 100 cm³/mol. The van der Waals surface area contributed by atoms with E-state index in [2.05, 4.69) is 31.2 Å². The Labute approximate surface area is 160 Å². The maximum Gasteiger partial charge on any atom is 0.224 e. The molecule has 2 aromatic rings. The van der Waals surface area contributed by atoms with Crippen molar-refractivity contribution in [3.63, 3.8) is 0 Å². The normalized spacial score (nSPS) is 33.7. The van der Waals surface area contributed by atoms with Crippen molar-refractivity contribution >= 4 is 39.0 Å². The molecule has 4 aliphatic rings. The molecule has 2 aromatic heterocycles. The second-order valence-corrected chi connectivity index (χ2v) is 9.02.